The highest BCUT2D eigenvalue weighted by Crippen LogP contribution is 2.34. The molecule has 1 aliphatic rings. The van der Waals surface area contributed by atoms with Crippen LogP contribution in [0.15, 0.2) is 72.0 Å². The fraction of sp³-hybridized carbons (Fsp3) is 0.258. The summed E-state index contributed by atoms with van der Waals surface area (Å²) >= 11 is 0. The van der Waals surface area contributed by atoms with E-state index in [1.54, 1.807) is 25.1 Å². The van der Waals surface area contributed by atoms with E-state index >= 15 is 0 Å². The first kappa shape index (κ1) is 28.3. The Balaban J connectivity index is 1.24. The zero-order chi connectivity index (χ0) is 29.3. The van der Waals surface area contributed by atoms with Gasteiger partial charge in [0.15, 0.2) is 23.0 Å². The summed E-state index contributed by atoms with van der Waals surface area (Å²) in [6, 6.07) is 17.8. The van der Waals surface area contributed by atoms with Gasteiger partial charge >= 0.3 is 6.09 Å². The average molecular weight is 573 g/mol. The molecule has 42 heavy (non-hydrogen) atoms. The third-order valence-electron chi connectivity index (χ3n) is 6.47. The number of nitrogens with one attached hydrogen (secondary N) is 3. The van der Waals surface area contributed by atoms with Crippen LogP contribution in [0.25, 0.3) is 10.9 Å². The van der Waals surface area contributed by atoms with Crippen molar-refractivity contribution in [3.63, 3.8) is 0 Å². The minimum Gasteiger partial charge on any atom is -0.490 e. The molecule has 11 nitrogen and oxygen atoms in total. The highest BCUT2D eigenvalue weighted by molar-refractivity contribution is 5.89. The summed E-state index contributed by atoms with van der Waals surface area (Å²) in [6.45, 7) is 4.72. The van der Waals surface area contributed by atoms with Crippen LogP contribution in [0, 0.1) is 0 Å². The maximum Gasteiger partial charge on any atom is 0.407 e. The molecular weight excluding hydrogens is 540 g/mol. The molecule has 3 aromatic carbocycles. The maximum atomic E-state index is 13.1. The largest absolute Gasteiger partial charge is 0.490 e. The zero-order valence-electron chi connectivity index (χ0n) is 23.3. The Hall–Kier alpha value is -5.19. The van der Waals surface area contributed by atoms with Gasteiger partial charge in [0.1, 0.15) is 12.6 Å². The molecule has 0 radical (unpaired) electrons. The molecule has 1 aromatic heterocycles. The predicted molar refractivity (Wildman–Crippen MR) is 156 cm³/mol. The van der Waals surface area contributed by atoms with Crippen molar-refractivity contribution in [2.75, 3.05) is 20.0 Å². The molecule has 0 unspecified atom stereocenters. The van der Waals surface area contributed by atoms with E-state index in [9.17, 15) is 9.59 Å². The molecule has 2 amide bonds. The van der Waals surface area contributed by atoms with Crippen LogP contribution >= 0.6 is 0 Å². The van der Waals surface area contributed by atoms with Crippen molar-refractivity contribution >= 4 is 29.1 Å². The quantitative estimate of drug-likeness (QED) is 0.166. The summed E-state index contributed by atoms with van der Waals surface area (Å²) < 4.78 is 27.6. The van der Waals surface area contributed by atoms with Crippen LogP contribution in [0.3, 0.4) is 0 Å². The smallest absolute Gasteiger partial charge is 0.407 e. The number of aromatic amines is 1. The summed E-state index contributed by atoms with van der Waals surface area (Å²) in [5.74, 6) is 2.02. The van der Waals surface area contributed by atoms with E-state index in [4.69, 9.17) is 23.7 Å². The van der Waals surface area contributed by atoms with Crippen molar-refractivity contribution in [2.24, 2.45) is 5.10 Å². The Morgan fingerprint density at radius 3 is 2.71 bits per heavy atom. The number of nitrogens with zero attached hydrogens (tertiary/aromatic N) is 1. The number of carbonyl (C=O) groups is 2. The second-order valence-electron chi connectivity index (χ2n) is 9.33. The van der Waals surface area contributed by atoms with Crippen LogP contribution in [0.5, 0.6) is 23.0 Å². The summed E-state index contributed by atoms with van der Waals surface area (Å²) in [5.41, 5.74) is 5.95. The van der Waals surface area contributed by atoms with Crippen molar-refractivity contribution in [1.29, 1.82) is 0 Å². The molecule has 1 aliphatic heterocycles. The van der Waals surface area contributed by atoms with Crippen molar-refractivity contribution in [1.82, 2.24) is 15.7 Å². The third kappa shape index (κ3) is 6.92. The van der Waals surface area contributed by atoms with Crippen LogP contribution in [-0.2, 0) is 22.6 Å². The Morgan fingerprint density at radius 2 is 1.86 bits per heavy atom. The monoisotopic (exact) mass is 572 g/mol. The van der Waals surface area contributed by atoms with Gasteiger partial charge in [-0.15, -0.1) is 0 Å². The van der Waals surface area contributed by atoms with Crippen LogP contribution in [0.1, 0.15) is 30.5 Å². The van der Waals surface area contributed by atoms with Gasteiger partial charge in [0.05, 0.1) is 19.4 Å². The number of hydrogen-bond donors (Lipinski definition) is 3. The van der Waals surface area contributed by atoms with Crippen molar-refractivity contribution in [2.45, 2.75) is 32.9 Å². The molecule has 2 heterocycles. The molecule has 0 spiro atoms. The molecule has 218 valence electrons. The number of hydrogen-bond acceptors (Lipinski definition) is 8. The number of para-hydroxylation sites is 1. The number of ether oxygens (including phenoxy) is 5. The first-order valence-electron chi connectivity index (χ1n) is 13.6. The molecule has 11 heteroatoms. The fourth-order valence-electron chi connectivity index (χ4n) is 4.48. The van der Waals surface area contributed by atoms with Crippen LogP contribution < -0.4 is 29.7 Å². The van der Waals surface area contributed by atoms with Crippen LogP contribution in [0.4, 0.5) is 4.79 Å². The summed E-state index contributed by atoms with van der Waals surface area (Å²) in [6.07, 6.45) is 2.88. The van der Waals surface area contributed by atoms with Gasteiger partial charge in [-0.1, -0.05) is 24.3 Å². The molecule has 4 aromatic rings. The van der Waals surface area contributed by atoms with E-state index in [0.29, 0.717) is 41.8 Å². The van der Waals surface area contributed by atoms with Gasteiger partial charge in [-0.3, -0.25) is 4.79 Å². The molecule has 0 saturated heterocycles. The maximum absolute atomic E-state index is 13.1. The van der Waals surface area contributed by atoms with Crippen molar-refractivity contribution in [3.05, 3.63) is 83.6 Å². The standard InChI is InChI=1S/C31H32N4O7/c1-3-38-28-13-20(9-11-26(28)40-18-21-10-12-27-29(14-21)42-19-41-27)16-33-35-30(36)25(34-31(37)39-4-2)15-22-17-32-24-8-6-5-7-23(22)24/h5-14,16-17,25,32H,3-4,15,18-19H2,1-2H3,(H,34,37)(H,35,36)/b33-16-/t25-/m1/s1. The molecular formula is C31H32N4O7. The highest BCUT2D eigenvalue weighted by atomic mass is 16.7. The number of hydrazone groups is 1. The molecule has 3 N–H and O–H groups in total. The van der Waals surface area contributed by atoms with Gasteiger partial charge < -0.3 is 34.0 Å². The Bertz CT molecular complexity index is 1580. The number of carbonyl (C=O) groups excluding carboxylic acids is 2. The lowest BCUT2D eigenvalue weighted by Gasteiger charge is -2.16. The number of aromatic nitrogens is 1. The van der Waals surface area contributed by atoms with Gasteiger partial charge in [0.25, 0.3) is 5.91 Å². The first-order valence-corrected chi connectivity index (χ1v) is 13.6. The SMILES string of the molecule is CCOC(=O)N[C@H](Cc1c[nH]c2ccccc12)C(=O)N/N=C\c1ccc(OCc2ccc3c(c2)OCO3)c(OCC)c1. The molecule has 0 aliphatic carbocycles. The summed E-state index contributed by atoms with van der Waals surface area (Å²) in [4.78, 5) is 28.4. The van der Waals surface area contributed by atoms with Gasteiger partial charge in [-0.25, -0.2) is 10.2 Å². The predicted octanol–water partition coefficient (Wildman–Crippen LogP) is 4.68. The average Bonchev–Trinajstić information content (AvgIpc) is 3.63. The van der Waals surface area contributed by atoms with Gasteiger partial charge in [0, 0.05) is 23.5 Å². The van der Waals surface area contributed by atoms with Crippen LogP contribution in [0.2, 0.25) is 0 Å². The van der Waals surface area contributed by atoms with E-state index in [-0.39, 0.29) is 19.8 Å². The number of H-pyrrole nitrogens is 1. The number of alkyl carbamates (subject to hydrolysis) is 1. The molecule has 1 atom stereocenters. The molecule has 0 bridgehead atoms. The number of amides is 2. The topological polar surface area (TPSA) is 132 Å². The lowest BCUT2D eigenvalue weighted by molar-refractivity contribution is -0.123. The van der Waals surface area contributed by atoms with E-state index in [2.05, 4.69) is 20.8 Å². The van der Waals surface area contributed by atoms with E-state index < -0.39 is 18.0 Å². The number of fused-ring (bicyclic) bond motifs is 2. The van der Waals surface area contributed by atoms with E-state index in [1.807, 2.05) is 55.6 Å². The van der Waals surface area contributed by atoms with Crippen LogP contribution in [-0.4, -0.2) is 49.2 Å². The zero-order valence-corrected chi connectivity index (χ0v) is 23.3. The van der Waals surface area contributed by atoms with Crippen molar-refractivity contribution in [3.8, 4) is 23.0 Å². The van der Waals surface area contributed by atoms with Crippen molar-refractivity contribution < 1.29 is 33.3 Å². The van der Waals surface area contributed by atoms with Gasteiger partial charge in [0.2, 0.25) is 6.79 Å². The second-order valence-corrected chi connectivity index (χ2v) is 9.33. The molecule has 5 rings (SSSR count). The number of benzene rings is 3. The molecule has 0 saturated carbocycles. The lowest BCUT2D eigenvalue weighted by atomic mass is 10.0. The lowest BCUT2D eigenvalue weighted by Crippen LogP contribution is -2.47. The normalized spacial score (nSPS) is 12.7. The van der Waals surface area contributed by atoms with Gasteiger partial charge in [-0.2, -0.15) is 5.10 Å². The fourth-order valence-corrected chi connectivity index (χ4v) is 4.48. The summed E-state index contributed by atoms with van der Waals surface area (Å²) in [7, 11) is 0. The number of rotatable bonds is 12. The van der Waals surface area contributed by atoms with E-state index in [1.165, 1.54) is 6.21 Å². The minimum atomic E-state index is -0.911. The Kier molecular flexibility index (Phi) is 9.07. The summed E-state index contributed by atoms with van der Waals surface area (Å²) in [5, 5.41) is 7.72. The second kappa shape index (κ2) is 13.4. The minimum absolute atomic E-state index is 0.185. The third-order valence-corrected chi connectivity index (χ3v) is 6.47. The Labute approximate surface area is 242 Å². The highest BCUT2D eigenvalue weighted by Gasteiger charge is 2.23. The van der Waals surface area contributed by atoms with E-state index in [0.717, 1.165) is 22.0 Å². The first-order chi connectivity index (χ1) is 20.5. The Morgan fingerprint density at radius 1 is 1.00 bits per heavy atom. The van der Waals surface area contributed by atoms with Gasteiger partial charge in [-0.05, 0) is 66.9 Å². The molecule has 0 fully saturated rings.